The molecule has 3 rings (SSSR count). The zero-order valence-corrected chi connectivity index (χ0v) is 17.1. The van der Waals surface area contributed by atoms with Crippen molar-refractivity contribution in [3.63, 3.8) is 0 Å². The molecule has 1 atom stereocenters. The summed E-state index contributed by atoms with van der Waals surface area (Å²) >= 11 is 0. The molecule has 1 unspecified atom stereocenters. The van der Waals surface area contributed by atoms with Crippen LogP contribution in [0, 0.1) is 17.1 Å². The first-order valence-electron chi connectivity index (χ1n) is 10.2. The summed E-state index contributed by atoms with van der Waals surface area (Å²) < 4.78 is 14.0. The summed E-state index contributed by atoms with van der Waals surface area (Å²) in [6.07, 6.45) is 2.50. The number of anilines is 1. The first-order valence-corrected chi connectivity index (χ1v) is 10.2. The number of rotatable bonds is 6. The molecule has 1 saturated heterocycles. The van der Waals surface area contributed by atoms with Gasteiger partial charge < -0.3 is 15.5 Å². The minimum atomic E-state index is -0.352. The Balaban J connectivity index is 1.72. The van der Waals surface area contributed by atoms with Crippen LogP contribution in [-0.2, 0) is 6.54 Å². The maximum absolute atomic E-state index is 14.0. The summed E-state index contributed by atoms with van der Waals surface area (Å²) in [6.45, 7) is 7.18. The van der Waals surface area contributed by atoms with Crippen LogP contribution in [0.3, 0.4) is 0 Å². The lowest BCUT2D eigenvalue weighted by Crippen LogP contribution is -2.38. The first kappa shape index (κ1) is 20.7. The fourth-order valence-electron chi connectivity index (χ4n) is 3.50. The number of aliphatic imine (C=N–C) groups is 1. The van der Waals surface area contributed by atoms with Crippen molar-refractivity contribution in [2.45, 2.75) is 39.3 Å². The topological polar surface area (TPSA) is 63.5 Å². The molecular formula is C23H28FN5. The van der Waals surface area contributed by atoms with E-state index >= 15 is 0 Å². The molecule has 0 aliphatic carbocycles. The van der Waals surface area contributed by atoms with Crippen molar-refractivity contribution >= 4 is 11.6 Å². The minimum Gasteiger partial charge on any atom is -0.372 e. The zero-order valence-electron chi connectivity index (χ0n) is 17.1. The van der Waals surface area contributed by atoms with Gasteiger partial charge in [0, 0.05) is 30.9 Å². The molecule has 0 bridgehead atoms. The molecule has 0 aromatic heterocycles. The predicted octanol–water partition coefficient (Wildman–Crippen LogP) is 4.11. The van der Waals surface area contributed by atoms with Crippen molar-refractivity contribution in [3.05, 3.63) is 65.0 Å². The molecule has 6 heteroatoms. The molecule has 2 aromatic rings. The van der Waals surface area contributed by atoms with Gasteiger partial charge >= 0.3 is 0 Å². The molecule has 5 nitrogen and oxygen atoms in total. The van der Waals surface area contributed by atoms with Crippen molar-refractivity contribution < 1.29 is 4.39 Å². The van der Waals surface area contributed by atoms with Gasteiger partial charge in [-0.3, -0.25) is 0 Å². The Morgan fingerprint density at radius 2 is 2.03 bits per heavy atom. The Morgan fingerprint density at radius 1 is 1.24 bits per heavy atom. The lowest BCUT2D eigenvalue weighted by atomic mass is 10.1. The van der Waals surface area contributed by atoms with Crippen LogP contribution >= 0.6 is 0 Å². The number of benzene rings is 2. The van der Waals surface area contributed by atoms with Crippen molar-refractivity contribution in [2.75, 3.05) is 24.5 Å². The van der Waals surface area contributed by atoms with E-state index < -0.39 is 0 Å². The third-order valence-electron chi connectivity index (χ3n) is 5.12. The third-order valence-corrected chi connectivity index (χ3v) is 5.12. The fourth-order valence-corrected chi connectivity index (χ4v) is 3.50. The molecule has 1 aliphatic heterocycles. The fraction of sp³-hybridized carbons (Fsp3) is 0.391. The zero-order chi connectivity index (χ0) is 20.6. The average molecular weight is 394 g/mol. The van der Waals surface area contributed by atoms with E-state index in [2.05, 4.69) is 51.7 Å². The second kappa shape index (κ2) is 9.92. The van der Waals surface area contributed by atoms with E-state index in [0.717, 1.165) is 13.1 Å². The Hall–Kier alpha value is -3.07. The Bertz CT molecular complexity index is 896. The minimum absolute atomic E-state index is 0.0469. The van der Waals surface area contributed by atoms with Crippen LogP contribution in [-0.4, -0.2) is 25.6 Å². The molecule has 0 saturated carbocycles. The van der Waals surface area contributed by atoms with E-state index in [4.69, 9.17) is 5.26 Å². The highest BCUT2D eigenvalue weighted by molar-refractivity contribution is 5.80. The molecule has 1 fully saturated rings. The summed E-state index contributed by atoms with van der Waals surface area (Å²) in [6, 6.07) is 15.0. The van der Waals surface area contributed by atoms with Gasteiger partial charge in [-0.05, 0) is 62.6 Å². The second-order valence-corrected chi connectivity index (χ2v) is 7.27. The summed E-state index contributed by atoms with van der Waals surface area (Å²) in [5, 5.41) is 15.6. The van der Waals surface area contributed by atoms with E-state index in [0.29, 0.717) is 23.6 Å². The van der Waals surface area contributed by atoms with Gasteiger partial charge in [-0.15, -0.1) is 0 Å². The molecule has 2 aromatic carbocycles. The van der Waals surface area contributed by atoms with Crippen LogP contribution in [0.2, 0.25) is 0 Å². The van der Waals surface area contributed by atoms with E-state index in [1.807, 2.05) is 13.0 Å². The number of halogens is 1. The number of hydrogen-bond donors (Lipinski definition) is 2. The van der Waals surface area contributed by atoms with Gasteiger partial charge in [0.15, 0.2) is 5.96 Å². The molecule has 152 valence electrons. The van der Waals surface area contributed by atoms with Gasteiger partial charge in [-0.2, -0.15) is 5.26 Å². The Kier molecular flexibility index (Phi) is 7.07. The number of nitrogens with zero attached hydrogens (tertiary/aromatic N) is 3. The van der Waals surface area contributed by atoms with Gasteiger partial charge in [0.05, 0.1) is 24.2 Å². The van der Waals surface area contributed by atoms with Crippen LogP contribution in [0.25, 0.3) is 0 Å². The quantitative estimate of drug-likeness (QED) is 0.573. The highest BCUT2D eigenvalue weighted by Crippen LogP contribution is 2.24. The average Bonchev–Trinajstić information content (AvgIpc) is 3.28. The predicted molar refractivity (Wildman–Crippen MR) is 115 cm³/mol. The van der Waals surface area contributed by atoms with Crippen LogP contribution in [0.5, 0.6) is 0 Å². The highest BCUT2D eigenvalue weighted by atomic mass is 19.1. The van der Waals surface area contributed by atoms with Crippen molar-refractivity contribution in [1.82, 2.24) is 10.6 Å². The smallest absolute Gasteiger partial charge is 0.192 e. The van der Waals surface area contributed by atoms with Gasteiger partial charge in [0.2, 0.25) is 0 Å². The van der Waals surface area contributed by atoms with Crippen LogP contribution in [0.4, 0.5) is 10.1 Å². The van der Waals surface area contributed by atoms with E-state index in [1.54, 1.807) is 6.07 Å². The van der Waals surface area contributed by atoms with Gasteiger partial charge in [0.25, 0.3) is 0 Å². The normalized spacial score (nSPS) is 15.1. The SMILES string of the molecule is CCNC(=NCc1cc(C#N)ccc1F)NC(C)c1cccc(N2CCCC2)c1. The highest BCUT2D eigenvalue weighted by Gasteiger charge is 2.14. The number of nitriles is 1. The summed E-state index contributed by atoms with van der Waals surface area (Å²) in [5.74, 6) is 0.267. The van der Waals surface area contributed by atoms with Crippen molar-refractivity contribution in [1.29, 1.82) is 5.26 Å². The van der Waals surface area contributed by atoms with E-state index in [-0.39, 0.29) is 18.4 Å². The third kappa shape index (κ3) is 5.47. The molecule has 2 N–H and O–H groups in total. The number of hydrogen-bond acceptors (Lipinski definition) is 3. The monoisotopic (exact) mass is 393 g/mol. The molecule has 1 heterocycles. The van der Waals surface area contributed by atoms with Crippen molar-refractivity contribution in [3.8, 4) is 6.07 Å². The Labute approximate surface area is 172 Å². The maximum Gasteiger partial charge on any atom is 0.192 e. The summed E-state index contributed by atoms with van der Waals surface area (Å²) in [7, 11) is 0. The Morgan fingerprint density at radius 3 is 2.76 bits per heavy atom. The first-order chi connectivity index (χ1) is 14.1. The molecule has 0 amide bonds. The molecule has 1 aliphatic rings. The number of guanidine groups is 1. The van der Waals surface area contributed by atoms with Gasteiger partial charge in [-0.1, -0.05) is 12.1 Å². The standard InChI is InChI=1S/C23H28FN5/c1-3-26-23(27-16-20-13-18(15-25)9-10-22(20)24)28-17(2)19-7-6-8-21(14-19)29-11-4-5-12-29/h6-10,13-14,17H,3-5,11-12,16H2,1-2H3,(H2,26,27,28). The van der Waals surface area contributed by atoms with E-state index in [1.165, 1.54) is 36.2 Å². The maximum atomic E-state index is 14.0. The molecule has 0 spiro atoms. The number of nitrogens with one attached hydrogen (secondary N) is 2. The largest absolute Gasteiger partial charge is 0.372 e. The van der Waals surface area contributed by atoms with Crippen molar-refractivity contribution in [2.24, 2.45) is 4.99 Å². The van der Waals surface area contributed by atoms with Crippen LogP contribution in [0.15, 0.2) is 47.5 Å². The molecule has 0 radical (unpaired) electrons. The van der Waals surface area contributed by atoms with Gasteiger partial charge in [-0.25, -0.2) is 9.38 Å². The summed E-state index contributed by atoms with van der Waals surface area (Å²) in [4.78, 5) is 6.94. The molecular weight excluding hydrogens is 365 g/mol. The summed E-state index contributed by atoms with van der Waals surface area (Å²) in [5.41, 5.74) is 3.27. The lowest BCUT2D eigenvalue weighted by Gasteiger charge is -2.22. The van der Waals surface area contributed by atoms with Crippen LogP contribution < -0.4 is 15.5 Å². The van der Waals surface area contributed by atoms with Crippen LogP contribution in [0.1, 0.15) is 49.4 Å². The second-order valence-electron chi connectivity index (χ2n) is 7.27. The lowest BCUT2D eigenvalue weighted by molar-refractivity contribution is 0.609. The van der Waals surface area contributed by atoms with E-state index in [9.17, 15) is 4.39 Å². The molecule has 29 heavy (non-hydrogen) atoms. The van der Waals surface area contributed by atoms with Gasteiger partial charge in [0.1, 0.15) is 5.82 Å².